The summed E-state index contributed by atoms with van der Waals surface area (Å²) in [5, 5.41) is 7.74. The van der Waals surface area contributed by atoms with Gasteiger partial charge in [0, 0.05) is 13.1 Å². The summed E-state index contributed by atoms with van der Waals surface area (Å²) in [6.07, 6.45) is -0.130. The van der Waals surface area contributed by atoms with E-state index in [9.17, 15) is 8.78 Å². The van der Waals surface area contributed by atoms with Crippen LogP contribution in [0.2, 0.25) is 0 Å². The molecule has 5 nitrogen and oxygen atoms in total. The molecule has 0 amide bonds. The van der Waals surface area contributed by atoms with Crippen LogP contribution in [0, 0.1) is 11.6 Å². The summed E-state index contributed by atoms with van der Waals surface area (Å²) in [7, 11) is 0. The lowest BCUT2D eigenvalue weighted by atomic mass is 10.2. The summed E-state index contributed by atoms with van der Waals surface area (Å²) in [6, 6.07) is 10.8. The summed E-state index contributed by atoms with van der Waals surface area (Å²) in [5.74, 6) is -0.772. The number of halogens is 2. The Balaban J connectivity index is 1.73. The summed E-state index contributed by atoms with van der Waals surface area (Å²) < 4.78 is 41.2. The van der Waals surface area contributed by atoms with E-state index in [-0.39, 0.29) is 29.7 Å². The van der Waals surface area contributed by atoms with E-state index in [1.54, 1.807) is 30.3 Å². The van der Waals surface area contributed by atoms with Gasteiger partial charge in [0.2, 0.25) is 5.88 Å². The highest BCUT2D eigenvalue weighted by Gasteiger charge is 2.20. The van der Waals surface area contributed by atoms with Crippen molar-refractivity contribution in [1.29, 1.82) is 0 Å². The maximum atomic E-state index is 14.4. The molecule has 4 rings (SSSR count). The van der Waals surface area contributed by atoms with E-state index in [0.29, 0.717) is 18.7 Å². The Morgan fingerprint density at radius 3 is 2.80 bits per heavy atom. The number of rotatable bonds is 4. The molecule has 2 heterocycles. The van der Waals surface area contributed by atoms with Crippen molar-refractivity contribution in [3.63, 3.8) is 0 Å². The maximum Gasteiger partial charge on any atom is 0.244 e. The fraction of sp³-hybridized carbons (Fsp3) is 0.278. The van der Waals surface area contributed by atoms with Crippen molar-refractivity contribution in [3.05, 3.63) is 54.1 Å². The minimum atomic E-state index is -0.460. The molecule has 25 heavy (non-hydrogen) atoms. The zero-order valence-corrected chi connectivity index (χ0v) is 13.4. The van der Waals surface area contributed by atoms with Crippen LogP contribution in [0.3, 0.4) is 0 Å². The number of morpholine rings is 1. The van der Waals surface area contributed by atoms with Crippen LogP contribution in [0.5, 0.6) is 5.88 Å². The number of para-hydroxylation sites is 1. The summed E-state index contributed by atoms with van der Waals surface area (Å²) in [4.78, 5) is 0. The molecular formula is C18H17F2N3O2. The Kier molecular flexibility index (Phi) is 4.33. The summed E-state index contributed by atoms with van der Waals surface area (Å²) in [6.45, 7) is 2.31. The first-order chi connectivity index (χ1) is 12.2. The lowest BCUT2D eigenvalue weighted by molar-refractivity contribution is -0.000539. The number of hydrogen-bond donors (Lipinski definition) is 1. The van der Waals surface area contributed by atoms with Gasteiger partial charge in [0.25, 0.3) is 0 Å². The highest BCUT2D eigenvalue weighted by Crippen LogP contribution is 2.30. The van der Waals surface area contributed by atoms with Crippen molar-refractivity contribution in [1.82, 2.24) is 15.1 Å². The average Bonchev–Trinajstić information content (AvgIpc) is 3.01. The fourth-order valence-electron chi connectivity index (χ4n) is 2.90. The van der Waals surface area contributed by atoms with Crippen LogP contribution in [-0.2, 0) is 4.74 Å². The molecular weight excluding hydrogens is 328 g/mol. The average molecular weight is 345 g/mol. The van der Waals surface area contributed by atoms with E-state index >= 15 is 0 Å². The van der Waals surface area contributed by atoms with Crippen molar-refractivity contribution in [3.8, 4) is 11.6 Å². The van der Waals surface area contributed by atoms with Crippen molar-refractivity contribution < 1.29 is 18.3 Å². The molecule has 1 N–H and O–H groups in total. The van der Waals surface area contributed by atoms with Crippen LogP contribution in [0.15, 0.2) is 42.5 Å². The Labute approximate surface area is 143 Å². The van der Waals surface area contributed by atoms with Gasteiger partial charge in [0.1, 0.15) is 30.0 Å². The van der Waals surface area contributed by atoms with E-state index in [2.05, 4.69) is 10.4 Å². The summed E-state index contributed by atoms with van der Waals surface area (Å²) >= 11 is 0. The molecule has 0 saturated carbocycles. The molecule has 0 spiro atoms. The predicted octanol–water partition coefficient (Wildman–Crippen LogP) is 2.67. The van der Waals surface area contributed by atoms with Crippen LogP contribution >= 0.6 is 0 Å². The van der Waals surface area contributed by atoms with Gasteiger partial charge in [-0.15, -0.1) is 5.10 Å². The molecule has 0 unspecified atom stereocenters. The monoisotopic (exact) mass is 345 g/mol. The first-order valence-electron chi connectivity index (χ1n) is 8.11. The van der Waals surface area contributed by atoms with Gasteiger partial charge >= 0.3 is 0 Å². The quantitative estimate of drug-likeness (QED) is 0.790. The van der Waals surface area contributed by atoms with Gasteiger partial charge in [-0.1, -0.05) is 18.2 Å². The topological polar surface area (TPSA) is 48.3 Å². The molecule has 1 aliphatic heterocycles. The molecule has 0 radical (unpaired) electrons. The molecule has 1 fully saturated rings. The predicted molar refractivity (Wildman–Crippen MR) is 89.1 cm³/mol. The highest BCUT2D eigenvalue weighted by molar-refractivity contribution is 5.86. The van der Waals surface area contributed by atoms with Gasteiger partial charge in [-0.3, -0.25) is 0 Å². The largest absolute Gasteiger partial charge is 0.473 e. The van der Waals surface area contributed by atoms with Crippen LogP contribution in [0.4, 0.5) is 8.78 Å². The Morgan fingerprint density at radius 1 is 1.16 bits per heavy atom. The number of nitrogens with zero attached hydrogens (tertiary/aromatic N) is 2. The van der Waals surface area contributed by atoms with Crippen LogP contribution in [-0.4, -0.2) is 42.2 Å². The van der Waals surface area contributed by atoms with Crippen molar-refractivity contribution in [2.75, 3.05) is 26.3 Å². The smallest absolute Gasteiger partial charge is 0.244 e. The summed E-state index contributed by atoms with van der Waals surface area (Å²) in [5.41, 5.74) is 0.686. The fourth-order valence-corrected chi connectivity index (χ4v) is 2.90. The molecule has 0 bridgehead atoms. The zero-order chi connectivity index (χ0) is 17.2. The van der Waals surface area contributed by atoms with Crippen LogP contribution in [0.1, 0.15) is 0 Å². The maximum absolute atomic E-state index is 14.4. The lowest BCUT2D eigenvalue weighted by Crippen LogP contribution is -2.41. The van der Waals surface area contributed by atoms with Crippen molar-refractivity contribution in [2.24, 2.45) is 0 Å². The number of benzene rings is 2. The SMILES string of the molecule is Fc1ccccc1-n1nc(OC[C@@H]2CNCCO2)c2c(F)cccc21. The number of fused-ring (bicyclic) bond motifs is 1. The number of nitrogens with one attached hydrogen (secondary N) is 1. The molecule has 7 heteroatoms. The van der Waals surface area contributed by atoms with Gasteiger partial charge in [0.15, 0.2) is 0 Å². The van der Waals surface area contributed by atoms with Gasteiger partial charge in [-0.05, 0) is 24.3 Å². The third-order valence-corrected chi connectivity index (χ3v) is 4.12. The van der Waals surface area contributed by atoms with Gasteiger partial charge in [-0.2, -0.15) is 0 Å². The Morgan fingerprint density at radius 2 is 2.00 bits per heavy atom. The third kappa shape index (κ3) is 3.08. The minimum Gasteiger partial charge on any atom is -0.473 e. The second kappa shape index (κ2) is 6.78. The second-order valence-corrected chi connectivity index (χ2v) is 5.81. The molecule has 1 aromatic heterocycles. The molecule has 2 aromatic carbocycles. The van der Waals surface area contributed by atoms with E-state index in [1.807, 2.05) is 0 Å². The lowest BCUT2D eigenvalue weighted by Gasteiger charge is -2.23. The molecule has 1 saturated heterocycles. The van der Waals surface area contributed by atoms with Crippen molar-refractivity contribution >= 4 is 10.9 Å². The molecule has 1 atom stereocenters. The first-order valence-corrected chi connectivity index (χ1v) is 8.11. The van der Waals surface area contributed by atoms with Crippen LogP contribution < -0.4 is 10.1 Å². The number of hydrogen-bond acceptors (Lipinski definition) is 4. The van der Waals surface area contributed by atoms with E-state index < -0.39 is 11.6 Å². The van der Waals surface area contributed by atoms with Crippen LogP contribution in [0.25, 0.3) is 16.6 Å². The van der Waals surface area contributed by atoms with Gasteiger partial charge in [-0.25, -0.2) is 13.5 Å². The highest BCUT2D eigenvalue weighted by atomic mass is 19.1. The van der Waals surface area contributed by atoms with Gasteiger partial charge < -0.3 is 14.8 Å². The number of ether oxygens (including phenoxy) is 2. The zero-order valence-electron chi connectivity index (χ0n) is 13.4. The molecule has 130 valence electrons. The second-order valence-electron chi connectivity index (χ2n) is 5.81. The Hall–Kier alpha value is -2.51. The molecule has 3 aromatic rings. The third-order valence-electron chi connectivity index (χ3n) is 4.12. The van der Waals surface area contributed by atoms with E-state index in [4.69, 9.17) is 9.47 Å². The van der Waals surface area contributed by atoms with Crippen molar-refractivity contribution in [2.45, 2.75) is 6.10 Å². The van der Waals surface area contributed by atoms with E-state index in [0.717, 1.165) is 6.54 Å². The van der Waals surface area contributed by atoms with Gasteiger partial charge in [0.05, 0.1) is 17.5 Å². The first kappa shape index (κ1) is 16.0. The normalized spacial score (nSPS) is 17.8. The van der Waals surface area contributed by atoms with E-state index in [1.165, 1.54) is 16.8 Å². The minimum absolute atomic E-state index is 0.130. The molecule has 1 aliphatic rings. The standard InChI is InChI=1S/C18H17F2N3O2/c19-13-4-1-2-6-15(13)23-16-7-3-5-14(20)17(16)18(22-23)25-11-12-10-21-8-9-24-12/h1-7,12,21H,8-11H2/t12-/m0/s1. The molecule has 0 aliphatic carbocycles. The number of aromatic nitrogens is 2. The Bertz CT molecular complexity index is 891.